The zero-order chi connectivity index (χ0) is 33.0. The van der Waals surface area contributed by atoms with Crippen molar-refractivity contribution in [2.24, 2.45) is 0 Å². The summed E-state index contributed by atoms with van der Waals surface area (Å²) in [4.78, 5) is 10.4. The summed E-state index contributed by atoms with van der Waals surface area (Å²) >= 11 is 1.77. The minimum Gasteiger partial charge on any atom is -0.309 e. The third kappa shape index (κ3) is 4.65. The largest absolute Gasteiger partial charge is 0.309 e. The SMILES string of the molecule is c1ccc(-c2nc(-c3ccccc3)c3sc4cccc(-c5ccc(-c6ccc7c(c6)c6ccccc6n7-c6ccccc6)cc5)c4c3n2)cc1. The second kappa shape index (κ2) is 11.7. The molecule has 0 amide bonds. The molecule has 7 aromatic carbocycles. The highest BCUT2D eigenvalue weighted by atomic mass is 32.1. The van der Waals surface area contributed by atoms with Crippen LogP contribution in [0.2, 0.25) is 0 Å². The zero-order valence-corrected chi connectivity index (χ0v) is 27.8. The van der Waals surface area contributed by atoms with E-state index in [-0.39, 0.29) is 0 Å². The van der Waals surface area contributed by atoms with E-state index in [1.54, 1.807) is 11.3 Å². The van der Waals surface area contributed by atoms with Crippen LogP contribution in [0.5, 0.6) is 0 Å². The number of para-hydroxylation sites is 2. The van der Waals surface area contributed by atoms with Gasteiger partial charge in [-0.1, -0.05) is 140 Å². The average Bonchev–Trinajstić information content (AvgIpc) is 3.74. The number of hydrogen-bond donors (Lipinski definition) is 0. The molecule has 0 radical (unpaired) electrons. The van der Waals surface area contributed by atoms with Crippen LogP contribution >= 0.6 is 11.3 Å². The van der Waals surface area contributed by atoms with Crippen molar-refractivity contribution in [3.63, 3.8) is 0 Å². The molecule has 3 aromatic heterocycles. The summed E-state index contributed by atoms with van der Waals surface area (Å²) in [6.45, 7) is 0. The van der Waals surface area contributed by atoms with Crippen LogP contribution in [0.15, 0.2) is 176 Å². The molecule has 0 bridgehead atoms. The standard InChI is InChI=1S/C46H29N3S/c1-4-13-32(14-5-1)43-45-44(48-46(47-43)33-15-6-2-7-16-33)42-36(20-12-22-41(42)50-45)31-25-23-30(24-26-31)34-27-28-40-38(29-34)37-19-10-11-21-39(37)49(40)35-17-8-3-9-18-35/h1-29H. The van der Waals surface area contributed by atoms with Crippen molar-refractivity contribution in [1.82, 2.24) is 14.5 Å². The molecule has 0 aliphatic heterocycles. The lowest BCUT2D eigenvalue weighted by molar-refractivity contribution is 1.18. The Balaban J connectivity index is 1.11. The van der Waals surface area contributed by atoms with Gasteiger partial charge in [0.05, 0.1) is 26.9 Å². The quantitative estimate of drug-likeness (QED) is 0.185. The summed E-state index contributed by atoms with van der Waals surface area (Å²) in [5.74, 6) is 0.741. The Morgan fingerprint density at radius 2 is 1.08 bits per heavy atom. The van der Waals surface area contributed by atoms with Crippen molar-refractivity contribution in [2.45, 2.75) is 0 Å². The van der Waals surface area contributed by atoms with E-state index in [1.807, 2.05) is 24.3 Å². The summed E-state index contributed by atoms with van der Waals surface area (Å²) in [5.41, 5.74) is 12.4. The topological polar surface area (TPSA) is 30.7 Å². The summed E-state index contributed by atoms with van der Waals surface area (Å²) in [6, 6.07) is 62.5. The van der Waals surface area contributed by atoms with E-state index >= 15 is 0 Å². The first-order chi connectivity index (χ1) is 24.8. The van der Waals surface area contributed by atoms with Gasteiger partial charge in [-0.3, -0.25) is 0 Å². The van der Waals surface area contributed by atoms with Crippen LogP contribution in [0.1, 0.15) is 0 Å². The molecule has 4 heteroatoms. The van der Waals surface area contributed by atoms with E-state index in [9.17, 15) is 0 Å². The maximum atomic E-state index is 5.25. The number of nitrogens with zero attached hydrogens (tertiary/aromatic N) is 3. The number of benzene rings is 7. The van der Waals surface area contributed by atoms with E-state index in [2.05, 4.69) is 156 Å². The average molecular weight is 656 g/mol. The van der Waals surface area contributed by atoms with Gasteiger partial charge in [0.15, 0.2) is 5.82 Å². The maximum absolute atomic E-state index is 5.25. The fraction of sp³-hybridized carbons (Fsp3) is 0. The van der Waals surface area contributed by atoms with Crippen molar-refractivity contribution in [1.29, 1.82) is 0 Å². The van der Waals surface area contributed by atoms with Gasteiger partial charge in [0.1, 0.15) is 0 Å². The molecule has 0 fully saturated rings. The molecule has 0 saturated heterocycles. The smallest absolute Gasteiger partial charge is 0.160 e. The molecule has 0 saturated carbocycles. The predicted molar refractivity (Wildman–Crippen MR) is 211 cm³/mol. The van der Waals surface area contributed by atoms with Gasteiger partial charge in [0.25, 0.3) is 0 Å². The lowest BCUT2D eigenvalue weighted by atomic mass is 9.97. The minimum atomic E-state index is 0.741. The molecule has 0 N–H and O–H groups in total. The van der Waals surface area contributed by atoms with Crippen molar-refractivity contribution in [2.75, 3.05) is 0 Å². The Bertz CT molecular complexity index is 2840. The summed E-state index contributed by atoms with van der Waals surface area (Å²) in [7, 11) is 0. The van der Waals surface area contributed by atoms with Gasteiger partial charge in [-0.05, 0) is 58.7 Å². The van der Waals surface area contributed by atoms with Crippen molar-refractivity contribution >= 4 is 53.4 Å². The van der Waals surface area contributed by atoms with Gasteiger partial charge in [0, 0.05) is 37.7 Å². The number of thiophene rings is 1. The molecule has 0 aliphatic rings. The molecular weight excluding hydrogens is 627 g/mol. The van der Waals surface area contributed by atoms with E-state index in [4.69, 9.17) is 9.97 Å². The highest BCUT2D eigenvalue weighted by Gasteiger charge is 2.19. The Kier molecular flexibility index (Phi) is 6.68. The highest BCUT2D eigenvalue weighted by Crippen LogP contribution is 2.44. The number of aromatic nitrogens is 3. The van der Waals surface area contributed by atoms with E-state index in [0.29, 0.717) is 0 Å². The molecule has 0 spiro atoms. The van der Waals surface area contributed by atoms with Crippen LogP contribution in [0.25, 0.3) is 92.7 Å². The lowest BCUT2D eigenvalue weighted by Gasteiger charge is -2.10. The minimum absolute atomic E-state index is 0.741. The first-order valence-electron chi connectivity index (χ1n) is 16.8. The summed E-state index contributed by atoms with van der Waals surface area (Å²) in [5, 5.41) is 3.68. The van der Waals surface area contributed by atoms with Gasteiger partial charge in [0.2, 0.25) is 0 Å². The second-order valence-corrected chi connectivity index (χ2v) is 13.6. The van der Waals surface area contributed by atoms with Crippen LogP contribution in [0.3, 0.4) is 0 Å². The fourth-order valence-electron chi connectivity index (χ4n) is 7.29. The normalized spacial score (nSPS) is 11.6. The third-order valence-electron chi connectivity index (χ3n) is 9.64. The van der Waals surface area contributed by atoms with Gasteiger partial charge in [-0.2, -0.15) is 0 Å². The first kappa shape index (κ1) is 28.6. The summed E-state index contributed by atoms with van der Waals surface area (Å²) < 4.78 is 4.68. The van der Waals surface area contributed by atoms with Crippen LogP contribution in [-0.2, 0) is 0 Å². The van der Waals surface area contributed by atoms with Crippen molar-refractivity contribution in [3.05, 3.63) is 176 Å². The third-order valence-corrected chi connectivity index (χ3v) is 10.8. The number of rotatable bonds is 5. The number of fused-ring (bicyclic) bond motifs is 6. The second-order valence-electron chi connectivity index (χ2n) is 12.6. The molecule has 3 nitrogen and oxygen atoms in total. The van der Waals surface area contributed by atoms with Gasteiger partial charge >= 0.3 is 0 Å². The van der Waals surface area contributed by atoms with Gasteiger partial charge in [-0.25, -0.2) is 9.97 Å². The van der Waals surface area contributed by atoms with E-state index < -0.39 is 0 Å². The molecule has 50 heavy (non-hydrogen) atoms. The predicted octanol–water partition coefficient (Wildman–Crippen LogP) is 12.6. The maximum Gasteiger partial charge on any atom is 0.160 e. The fourth-order valence-corrected chi connectivity index (χ4v) is 8.47. The van der Waals surface area contributed by atoms with Crippen LogP contribution in [0.4, 0.5) is 0 Å². The van der Waals surface area contributed by atoms with Crippen LogP contribution in [0, 0.1) is 0 Å². The monoisotopic (exact) mass is 655 g/mol. The molecule has 0 atom stereocenters. The molecule has 0 aliphatic carbocycles. The molecule has 10 rings (SSSR count). The summed E-state index contributed by atoms with van der Waals surface area (Å²) in [6.07, 6.45) is 0. The Labute approximate surface area is 293 Å². The number of hydrogen-bond acceptors (Lipinski definition) is 3. The zero-order valence-electron chi connectivity index (χ0n) is 27.0. The van der Waals surface area contributed by atoms with Gasteiger partial charge < -0.3 is 4.57 Å². The highest BCUT2D eigenvalue weighted by molar-refractivity contribution is 7.26. The molecule has 234 valence electrons. The van der Waals surface area contributed by atoms with E-state index in [0.717, 1.165) is 32.9 Å². The lowest BCUT2D eigenvalue weighted by Crippen LogP contribution is -1.93. The van der Waals surface area contributed by atoms with E-state index in [1.165, 1.54) is 59.8 Å². The van der Waals surface area contributed by atoms with Crippen molar-refractivity contribution < 1.29 is 0 Å². The Morgan fingerprint density at radius 1 is 0.440 bits per heavy atom. The molecule has 3 heterocycles. The van der Waals surface area contributed by atoms with Crippen LogP contribution in [-0.4, -0.2) is 14.5 Å². The van der Waals surface area contributed by atoms with Crippen molar-refractivity contribution in [3.8, 4) is 50.6 Å². The first-order valence-corrected chi connectivity index (χ1v) is 17.7. The molecule has 0 unspecified atom stereocenters. The van der Waals surface area contributed by atoms with Gasteiger partial charge in [-0.15, -0.1) is 11.3 Å². The Hall–Kier alpha value is -6.36. The molecular formula is C46H29N3S. The Morgan fingerprint density at radius 3 is 1.86 bits per heavy atom. The molecule has 10 aromatic rings. The van der Waals surface area contributed by atoms with Crippen LogP contribution < -0.4 is 0 Å².